The van der Waals surface area contributed by atoms with E-state index in [1.54, 1.807) is 37.2 Å². The average Bonchev–Trinajstić information content (AvgIpc) is 2.55. The molecule has 1 aliphatic rings. The molecule has 0 radical (unpaired) electrons. The molecule has 1 N–H and O–H groups in total. The molecule has 0 amide bonds. The maximum Gasteiger partial charge on any atom is 0.376 e. The number of methoxy groups -OCH3 is 2. The highest BCUT2D eigenvalue weighted by atomic mass is 35.5. The lowest BCUT2D eigenvalue weighted by Crippen LogP contribution is -2.30. The molecule has 1 unspecified atom stereocenters. The number of hydrogen-bond acceptors (Lipinski definition) is 6. The lowest BCUT2D eigenvalue weighted by Gasteiger charge is -2.18. The van der Waals surface area contributed by atoms with Crippen molar-refractivity contribution in [3.8, 4) is 0 Å². The van der Waals surface area contributed by atoms with Gasteiger partial charge in [0, 0.05) is 25.0 Å². The third-order valence-electron chi connectivity index (χ3n) is 2.64. The zero-order valence-corrected chi connectivity index (χ0v) is 15.3. The number of hydrogen-bond donors (Lipinski definition) is 1. The smallest absolute Gasteiger partial charge is 0.376 e. The van der Waals surface area contributed by atoms with Crippen LogP contribution < -0.4 is 5.43 Å². The normalized spacial score (nSPS) is 16.5. The van der Waals surface area contributed by atoms with Crippen molar-refractivity contribution in [1.29, 1.82) is 0 Å². The number of halogens is 1. The Morgan fingerprint density at radius 2 is 2.21 bits per heavy atom. The Bertz CT molecular complexity index is 649. The summed E-state index contributed by atoms with van der Waals surface area (Å²) in [7, 11) is 6.20. The van der Waals surface area contributed by atoms with Gasteiger partial charge in [0.2, 0.25) is 5.76 Å². The van der Waals surface area contributed by atoms with Gasteiger partial charge in [0.25, 0.3) is 0 Å². The van der Waals surface area contributed by atoms with E-state index in [-0.39, 0.29) is 5.76 Å². The number of ether oxygens (including phenoxy) is 3. The molecule has 0 aromatic heterocycles. The van der Waals surface area contributed by atoms with Gasteiger partial charge in [-0.3, -0.25) is 0 Å². The van der Waals surface area contributed by atoms with Crippen LogP contribution >= 0.6 is 23.8 Å². The Morgan fingerprint density at radius 3 is 2.79 bits per heavy atom. The van der Waals surface area contributed by atoms with Crippen molar-refractivity contribution in [2.75, 3.05) is 28.3 Å². The number of thiocarbonyl (C=S) groups is 1. The Hall–Kier alpha value is -2.28. The maximum absolute atomic E-state index is 11.7. The Balaban J connectivity index is 3.01. The van der Waals surface area contributed by atoms with Gasteiger partial charge in [-0.25, -0.2) is 10.2 Å². The van der Waals surface area contributed by atoms with Crippen molar-refractivity contribution in [2.24, 2.45) is 5.10 Å². The van der Waals surface area contributed by atoms with Gasteiger partial charge in [0.05, 0.1) is 19.8 Å². The molecule has 0 aromatic carbocycles. The van der Waals surface area contributed by atoms with Crippen LogP contribution in [0.5, 0.6) is 0 Å². The third-order valence-corrected chi connectivity index (χ3v) is 3.33. The van der Waals surface area contributed by atoms with Crippen LogP contribution in [0.2, 0.25) is 0 Å². The predicted octanol–water partition coefficient (Wildman–Crippen LogP) is 1.67. The first-order valence-corrected chi connectivity index (χ1v) is 7.50. The summed E-state index contributed by atoms with van der Waals surface area (Å²) in [5.74, 6) is 1.98. The Kier molecular flexibility index (Phi) is 8.05. The van der Waals surface area contributed by atoms with Crippen molar-refractivity contribution in [2.45, 2.75) is 6.10 Å². The van der Waals surface area contributed by atoms with Gasteiger partial charge in [0.15, 0.2) is 11.2 Å². The zero-order valence-electron chi connectivity index (χ0n) is 13.7. The summed E-state index contributed by atoms with van der Waals surface area (Å²) < 4.78 is 15.0. The number of esters is 1. The fourth-order valence-corrected chi connectivity index (χ4v) is 1.71. The van der Waals surface area contributed by atoms with E-state index in [2.05, 4.69) is 21.1 Å². The van der Waals surface area contributed by atoms with Crippen LogP contribution in [-0.4, -0.2) is 56.3 Å². The van der Waals surface area contributed by atoms with Gasteiger partial charge in [-0.05, 0) is 30.4 Å². The number of nitrogens with one attached hydrogen (secondary N) is 1. The quantitative estimate of drug-likeness (QED) is 0.197. The minimum atomic E-state index is -0.672. The Labute approximate surface area is 150 Å². The second-order valence-corrected chi connectivity index (χ2v) is 5.45. The minimum Gasteiger partial charge on any atom is -0.500 e. The number of carbonyl (C=O) groups is 1. The summed E-state index contributed by atoms with van der Waals surface area (Å²) >= 11 is 11.0. The van der Waals surface area contributed by atoms with E-state index >= 15 is 0 Å². The van der Waals surface area contributed by atoms with Crippen molar-refractivity contribution < 1.29 is 19.0 Å². The van der Waals surface area contributed by atoms with E-state index in [1.807, 2.05) is 0 Å². The van der Waals surface area contributed by atoms with Crippen LogP contribution in [0.3, 0.4) is 0 Å². The van der Waals surface area contributed by atoms with E-state index in [1.165, 1.54) is 14.2 Å². The summed E-state index contributed by atoms with van der Waals surface area (Å²) in [6.07, 6.45) is 5.39. The number of rotatable bonds is 5. The molecule has 1 rings (SSSR count). The fourth-order valence-electron chi connectivity index (χ4n) is 1.47. The van der Waals surface area contributed by atoms with E-state index < -0.39 is 12.1 Å². The molecule has 0 saturated heterocycles. The highest BCUT2D eigenvalue weighted by Crippen LogP contribution is 2.22. The zero-order chi connectivity index (χ0) is 18.1. The molecule has 9 heteroatoms. The minimum absolute atomic E-state index is 0.0999. The maximum atomic E-state index is 11.7. The first-order valence-electron chi connectivity index (χ1n) is 6.72. The number of hydrazone groups is 1. The summed E-state index contributed by atoms with van der Waals surface area (Å²) in [6.45, 7) is 0. The van der Waals surface area contributed by atoms with Crippen LogP contribution in [-0.2, 0) is 19.0 Å². The van der Waals surface area contributed by atoms with Gasteiger partial charge < -0.3 is 19.1 Å². The fraction of sp³-hybridized carbons (Fsp3) is 0.333. The summed E-state index contributed by atoms with van der Waals surface area (Å²) in [4.78, 5) is 13.4. The first-order chi connectivity index (χ1) is 11.4. The summed E-state index contributed by atoms with van der Waals surface area (Å²) in [5.41, 5.74) is 3.13. The van der Waals surface area contributed by atoms with E-state index in [0.717, 1.165) is 6.26 Å². The lowest BCUT2D eigenvalue weighted by molar-refractivity contribution is -0.140. The predicted molar refractivity (Wildman–Crippen MR) is 95.4 cm³/mol. The van der Waals surface area contributed by atoms with Gasteiger partial charge in [-0.15, -0.1) is 5.10 Å². The molecular weight excluding hydrogens is 354 g/mol. The van der Waals surface area contributed by atoms with Crippen LogP contribution in [0, 0.1) is 0 Å². The topological polar surface area (TPSA) is 72.4 Å². The molecule has 0 fully saturated rings. The molecule has 0 spiro atoms. The largest absolute Gasteiger partial charge is 0.500 e. The molecule has 24 heavy (non-hydrogen) atoms. The van der Waals surface area contributed by atoms with Gasteiger partial charge in [-0.2, -0.15) is 0 Å². The summed E-state index contributed by atoms with van der Waals surface area (Å²) in [6, 6.07) is 0. The van der Waals surface area contributed by atoms with Crippen molar-refractivity contribution in [3.05, 3.63) is 40.9 Å². The molecular formula is C15H18ClN3O4S. The number of carbonyl (C=O) groups excluding carboxylic acids is 1. The Morgan fingerprint density at radius 1 is 1.50 bits per heavy atom. The monoisotopic (exact) mass is 371 g/mol. The molecule has 0 bridgehead atoms. The molecule has 1 aliphatic carbocycles. The molecule has 0 aromatic rings. The molecule has 7 nitrogen and oxygen atoms in total. The lowest BCUT2D eigenvalue weighted by atomic mass is 10.1. The van der Waals surface area contributed by atoms with E-state index in [4.69, 9.17) is 33.3 Å². The highest BCUT2D eigenvalue weighted by Gasteiger charge is 2.21. The van der Waals surface area contributed by atoms with E-state index in [9.17, 15) is 4.79 Å². The third kappa shape index (κ3) is 6.08. The standard InChI is InChI=1S/C15H18ClN3O4S/c1-19(2)15(24)18-17-8-10-7-11(16)5-6-12(10)23-13(9-21-3)14(20)22-4/h5-7,9,12H,1-4H3,(H,18,24)/b13-9+. The van der Waals surface area contributed by atoms with Crippen LogP contribution in [0.25, 0.3) is 0 Å². The summed E-state index contributed by atoms with van der Waals surface area (Å²) in [5, 5.41) is 4.80. The molecule has 130 valence electrons. The number of allylic oxidation sites excluding steroid dienone is 2. The molecule has 0 heterocycles. The van der Waals surface area contributed by atoms with Crippen LogP contribution in [0.4, 0.5) is 0 Å². The second kappa shape index (κ2) is 9.77. The second-order valence-electron chi connectivity index (χ2n) is 4.63. The molecule has 0 aliphatic heterocycles. The van der Waals surface area contributed by atoms with Gasteiger partial charge in [-0.1, -0.05) is 11.6 Å². The van der Waals surface area contributed by atoms with Crippen molar-refractivity contribution in [3.63, 3.8) is 0 Å². The molecule has 1 atom stereocenters. The van der Waals surface area contributed by atoms with Crippen LogP contribution in [0.15, 0.2) is 46.0 Å². The van der Waals surface area contributed by atoms with Gasteiger partial charge >= 0.3 is 5.97 Å². The average molecular weight is 372 g/mol. The first kappa shape index (κ1) is 19.8. The van der Waals surface area contributed by atoms with Gasteiger partial charge in [0.1, 0.15) is 6.26 Å². The van der Waals surface area contributed by atoms with Crippen molar-refractivity contribution in [1.82, 2.24) is 10.3 Å². The molecule has 0 saturated carbocycles. The van der Waals surface area contributed by atoms with Crippen molar-refractivity contribution >= 4 is 40.8 Å². The van der Waals surface area contributed by atoms with E-state index in [0.29, 0.717) is 15.7 Å². The SMILES string of the molecule is CO/C=C(/OC1C=CC(Cl)=CC1=C=NNC(=S)N(C)C)C(=O)OC. The highest BCUT2D eigenvalue weighted by molar-refractivity contribution is 7.80. The number of nitrogens with zero attached hydrogens (tertiary/aromatic N) is 2. The van der Waals surface area contributed by atoms with Crippen LogP contribution in [0.1, 0.15) is 0 Å².